The number of carbonyl (C=O) groups excluding carboxylic acids is 4. The quantitative estimate of drug-likeness (QED) is 0.556. The lowest BCUT2D eigenvalue weighted by molar-refractivity contribution is -0.125. The summed E-state index contributed by atoms with van der Waals surface area (Å²) >= 11 is 0. The van der Waals surface area contributed by atoms with Gasteiger partial charge in [-0.2, -0.15) is 0 Å². The number of esters is 1. The Labute approximate surface area is 139 Å². The van der Waals surface area contributed by atoms with Gasteiger partial charge < -0.3 is 15.4 Å². The van der Waals surface area contributed by atoms with Crippen LogP contribution in [0.5, 0.6) is 0 Å². The van der Waals surface area contributed by atoms with Crippen LogP contribution in [0.25, 0.3) is 0 Å². The largest absolute Gasteiger partial charge is 0.452 e. The van der Waals surface area contributed by atoms with Crippen molar-refractivity contribution >= 4 is 23.8 Å². The maximum absolute atomic E-state index is 12.2. The van der Waals surface area contributed by atoms with Gasteiger partial charge in [0.25, 0.3) is 5.91 Å². The Morgan fingerprint density at radius 1 is 1.29 bits per heavy atom. The summed E-state index contributed by atoms with van der Waals surface area (Å²) in [6.07, 6.45) is 0.786. The van der Waals surface area contributed by atoms with Crippen molar-refractivity contribution in [1.29, 1.82) is 0 Å². The van der Waals surface area contributed by atoms with Gasteiger partial charge in [-0.05, 0) is 18.1 Å². The molecular formula is C16H19N3O5. The molecular weight excluding hydrogens is 314 g/mol. The summed E-state index contributed by atoms with van der Waals surface area (Å²) < 4.78 is 4.99. The van der Waals surface area contributed by atoms with Crippen LogP contribution in [0.2, 0.25) is 0 Å². The highest BCUT2D eigenvalue weighted by atomic mass is 16.5. The first-order chi connectivity index (χ1) is 11.5. The predicted molar refractivity (Wildman–Crippen MR) is 84.0 cm³/mol. The van der Waals surface area contributed by atoms with Crippen LogP contribution in [-0.2, 0) is 20.9 Å². The lowest BCUT2D eigenvalue weighted by Crippen LogP contribution is -2.31. The number of rotatable bonds is 7. The molecule has 0 unspecified atom stereocenters. The molecule has 8 nitrogen and oxygen atoms in total. The van der Waals surface area contributed by atoms with Gasteiger partial charge in [0, 0.05) is 6.54 Å². The number of ether oxygens (including phenoxy) is 1. The van der Waals surface area contributed by atoms with Crippen LogP contribution >= 0.6 is 0 Å². The van der Waals surface area contributed by atoms with E-state index in [4.69, 9.17) is 4.74 Å². The molecule has 8 heteroatoms. The van der Waals surface area contributed by atoms with Crippen molar-refractivity contribution in [3.63, 3.8) is 0 Å². The molecule has 0 spiro atoms. The average molecular weight is 333 g/mol. The molecule has 1 aromatic carbocycles. The number of carbonyl (C=O) groups is 4. The summed E-state index contributed by atoms with van der Waals surface area (Å²) in [6, 6.07) is 6.00. The Hall–Kier alpha value is -2.90. The molecule has 4 amide bonds. The molecule has 0 bridgehead atoms. The fourth-order valence-corrected chi connectivity index (χ4v) is 2.17. The van der Waals surface area contributed by atoms with Crippen molar-refractivity contribution < 1.29 is 23.9 Å². The van der Waals surface area contributed by atoms with Gasteiger partial charge in [0.2, 0.25) is 5.91 Å². The molecule has 0 aromatic heterocycles. The summed E-state index contributed by atoms with van der Waals surface area (Å²) in [5.74, 6) is -1.41. The second-order valence-corrected chi connectivity index (χ2v) is 5.22. The molecule has 128 valence electrons. The van der Waals surface area contributed by atoms with Gasteiger partial charge >= 0.3 is 12.0 Å². The minimum atomic E-state index is -0.677. The monoisotopic (exact) mass is 333 g/mol. The number of imide groups is 1. The molecule has 0 atom stereocenters. The zero-order valence-corrected chi connectivity index (χ0v) is 13.3. The Morgan fingerprint density at radius 2 is 2.04 bits per heavy atom. The van der Waals surface area contributed by atoms with Gasteiger partial charge in [-0.1, -0.05) is 25.1 Å². The van der Waals surface area contributed by atoms with Crippen LogP contribution < -0.4 is 10.6 Å². The van der Waals surface area contributed by atoms with Crippen molar-refractivity contribution in [3.8, 4) is 0 Å². The Bertz CT molecular complexity index is 643. The molecule has 0 aliphatic carbocycles. The van der Waals surface area contributed by atoms with Crippen LogP contribution in [0.4, 0.5) is 4.79 Å². The lowest BCUT2D eigenvalue weighted by atomic mass is 10.1. The first-order valence-corrected chi connectivity index (χ1v) is 7.62. The number of nitrogens with one attached hydrogen (secondary N) is 2. The Morgan fingerprint density at radius 3 is 2.71 bits per heavy atom. The van der Waals surface area contributed by atoms with E-state index >= 15 is 0 Å². The summed E-state index contributed by atoms with van der Waals surface area (Å²) in [6.45, 7) is 1.97. The SMILES string of the molecule is CCCNC(=O)COC(=O)c1ccccc1CN1C(=O)CNC1=O. The summed E-state index contributed by atoms with van der Waals surface area (Å²) in [5, 5.41) is 5.02. The van der Waals surface area contributed by atoms with Crippen LogP contribution in [0, 0.1) is 0 Å². The first-order valence-electron chi connectivity index (χ1n) is 7.62. The molecule has 1 aliphatic rings. The van der Waals surface area contributed by atoms with E-state index in [1.165, 1.54) is 6.07 Å². The van der Waals surface area contributed by atoms with Crippen molar-refractivity contribution in [2.45, 2.75) is 19.9 Å². The normalized spacial score (nSPS) is 13.6. The minimum Gasteiger partial charge on any atom is -0.452 e. The highest BCUT2D eigenvalue weighted by Gasteiger charge is 2.29. The maximum atomic E-state index is 12.2. The van der Waals surface area contributed by atoms with Gasteiger partial charge in [-0.3, -0.25) is 14.5 Å². The van der Waals surface area contributed by atoms with Crippen molar-refractivity contribution in [2.24, 2.45) is 0 Å². The Balaban J connectivity index is 2.02. The lowest BCUT2D eigenvalue weighted by Gasteiger charge is -2.15. The maximum Gasteiger partial charge on any atom is 0.338 e. The van der Waals surface area contributed by atoms with Gasteiger partial charge in [-0.15, -0.1) is 0 Å². The molecule has 2 N–H and O–H groups in total. The fourth-order valence-electron chi connectivity index (χ4n) is 2.17. The fraction of sp³-hybridized carbons (Fsp3) is 0.375. The number of benzene rings is 1. The molecule has 1 fully saturated rings. The third-order valence-corrected chi connectivity index (χ3v) is 3.41. The summed E-state index contributed by atoms with van der Waals surface area (Å²) in [5.41, 5.74) is 0.690. The average Bonchev–Trinajstić information content (AvgIpc) is 2.90. The van der Waals surface area contributed by atoms with E-state index in [0.717, 1.165) is 11.3 Å². The van der Waals surface area contributed by atoms with Crippen LogP contribution in [0.15, 0.2) is 24.3 Å². The standard InChI is InChI=1S/C16H19N3O5/c1-2-7-17-13(20)10-24-15(22)12-6-4-3-5-11(12)9-19-14(21)8-18-16(19)23/h3-6H,2,7-10H2,1H3,(H,17,20)(H,18,23). The molecule has 1 saturated heterocycles. The Kier molecular flexibility index (Phi) is 5.89. The highest BCUT2D eigenvalue weighted by Crippen LogP contribution is 2.15. The zero-order chi connectivity index (χ0) is 17.5. The van der Waals surface area contributed by atoms with Crippen molar-refractivity contribution in [1.82, 2.24) is 15.5 Å². The van der Waals surface area contributed by atoms with Crippen molar-refractivity contribution in [3.05, 3.63) is 35.4 Å². The number of hydrogen-bond donors (Lipinski definition) is 2. The van der Waals surface area contributed by atoms with Crippen LogP contribution in [0.3, 0.4) is 0 Å². The van der Waals surface area contributed by atoms with Crippen molar-refractivity contribution in [2.75, 3.05) is 19.7 Å². The second-order valence-electron chi connectivity index (χ2n) is 5.22. The molecule has 1 heterocycles. The molecule has 2 rings (SSSR count). The highest BCUT2D eigenvalue weighted by molar-refractivity contribution is 6.02. The second kappa shape index (κ2) is 8.09. The summed E-state index contributed by atoms with van der Waals surface area (Å²) in [4.78, 5) is 48.0. The van der Waals surface area contributed by atoms with E-state index < -0.39 is 12.0 Å². The third-order valence-electron chi connectivity index (χ3n) is 3.41. The zero-order valence-electron chi connectivity index (χ0n) is 13.3. The van der Waals surface area contributed by atoms with E-state index in [2.05, 4.69) is 10.6 Å². The van der Waals surface area contributed by atoms with Gasteiger partial charge in [0.1, 0.15) is 0 Å². The molecule has 24 heavy (non-hydrogen) atoms. The van der Waals surface area contributed by atoms with Crippen LogP contribution in [0.1, 0.15) is 29.3 Å². The van der Waals surface area contributed by atoms with Crippen LogP contribution in [-0.4, -0.2) is 48.4 Å². The number of hydrogen-bond acceptors (Lipinski definition) is 5. The number of urea groups is 1. The van der Waals surface area contributed by atoms with E-state index in [1.54, 1.807) is 18.2 Å². The number of amides is 4. The molecule has 1 aliphatic heterocycles. The van der Waals surface area contributed by atoms with E-state index in [0.29, 0.717) is 12.1 Å². The predicted octanol–water partition coefficient (Wildman–Crippen LogP) is 0.421. The molecule has 1 aromatic rings. The summed E-state index contributed by atoms with van der Waals surface area (Å²) in [7, 11) is 0. The molecule has 0 radical (unpaired) electrons. The topological polar surface area (TPSA) is 105 Å². The van der Waals surface area contributed by atoms with Gasteiger partial charge in [0.05, 0.1) is 18.7 Å². The third kappa shape index (κ3) is 4.31. The first kappa shape index (κ1) is 17.5. The number of nitrogens with zero attached hydrogens (tertiary/aromatic N) is 1. The van der Waals surface area contributed by atoms with Gasteiger partial charge in [-0.25, -0.2) is 9.59 Å². The van der Waals surface area contributed by atoms with E-state index in [-0.39, 0.29) is 37.1 Å². The smallest absolute Gasteiger partial charge is 0.338 e. The molecule has 0 saturated carbocycles. The minimum absolute atomic E-state index is 0.0298. The van der Waals surface area contributed by atoms with E-state index in [1.807, 2.05) is 6.92 Å². The van der Waals surface area contributed by atoms with Gasteiger partial charge in [0.15, 0.2) is 6.61 Å². The van der Waals surface area contributed by atoms with E-state index in [9.17, 15) is 19.2 Å².